The molecule has 0 aliphatic carbocycles. The summed E-state index contributed by atoms with van der Waals surface area (Å²) in [6.45, 7) is 3.38. The second-order valence-electron chi connectivity index (χ2n) is 4.89. The van der Waals surface area contributed by atoms with Gasteiger partial charge in [-0.25, -0.2) is 4.98 Å². The third-order valence-corrected chi connectivity index (χ3v) is 4.08. The van der Waals surface area contributed by atoms with Gasteiger partial charge in [0.2, 0.25) is 0 Å². The molecule has 23 heavy (non-hydrogen) atoms. The summed E-state index contributed by atoms with van der Waals surface area (Å²) in [4.78, 5) is 29.9. The summed E-state index contributed by atoms with van der Waals surface area (Å²) in [5.41, 5.74) is -1.03. The Balaban J connectivity index is 2.20. The van der Waals surface area contributed by atoms with Gasteiger partial charge in [-0.1, -0.05) is 6.92 Å². The highest BCUT2D eigenvalue weighted by atomic mass is 32.1. The first-order valence-corrected chi connectivity index (χ1v) is 7.63. The van der Waals surface area contributed by atoms with Crippen molar-refractivity contribution < 1.29 is 18.0 Å². The predicted molar refractivity (Wildman–Crippen MR) is 79.4 cm³/mol. The lowest BCUT2D eigenvalue weighted by atomic mass is 10.2. The maximum absolute atomic E-state index is 12.6. The van der Waals surface area contributed by atoms with Gasteiger partial charge < -0.3 is 10.3 Å². The second-order valence-corrected chi connectivity index (χ2v) is 5.78. The fourth-order valence-electron chi connectivity index (χ4n) is 1.90. The number of amides is 1. The van der Waals surface area contributed by atoms with E-state index in [1.165, 1.54) is 6.07 Å². The number of H-pyrrole nitrogens is 1. The van der Waals surface area contributed by atoms with E-state index in [0.29, 0.717) is 12.1 Å². The van der Waals surface area contributed by atoms with Gasteiger partial charge in [0, 0.05) is 11.1 Å². The van der Waals surface area contributed by atoms with Gasteiger partial charge in [0.25, 0.3) is 11.5 Å². The number of aromatic amines is 1. The van der Waals surface area contributed by atoms with E-state index in [2.05, 4.69) is 15.3 Å². The van der Waals surface area contributed by atoms with Crippen LogP contribution >= 0.6 is 11.3 Å². The van der Waals surface area contributed by atoms with Crippen LogP contribution in [0.4, 0.5) is 13.2 Å². The van der Waals surface area contributed by atoms with Crippen LogP contribution in [0, 0.1) is 6.92 Å². The number of aromatic nitrogens is 2. The van der Waals surface area contributed by atoms with Gasteiger partial charge in [-0.3, -0.25) is 9.59 Å². The third-order valence-electron chi connectivity index (χ3n) is 3.12. The van der Waals surface area contributed by atoms with Crippen LogP contribution < -0.4 is 10.9 Å². The lowest BCUT2D eigenvalue weighted by Gasteiger charge is -2.14. The average Bonchev–Trinajstić information content (AvgIpc) is 2.94. The summed E-state index contributed by atoms with van der Waals surface area (Å²) in [6, 6.07) is 2.26. The predicted octanol–water partition coefficient (Wildman–Crippen LogP) is 3.04. The first-order chi connectivity index (χ1) is 10.7. The molecular formula is C14H14F3N3O2S. The normalized spacial score (nSPS) is 12.9. The average molecular weight is 345 g/mol. The zero-order valence-corrected chi connectivity index (χ0v) is 13.1. The number of aryl methyl sites for hydroxylation is 1. The van der Waals surface area contributed by atoms with Crippen LogP contribution in [0.5, 0.6) is 0 Å². The number of hydrogen-bond donors (Lipinski definition) is 2. The van der Waals surface area contributed by atoms with Crippen molar-refractivity contribution in [1.29, 1.82) is 0 Å². The first kappa shape index (κ1) is 17.2. The van der Waals surface area contributed by atoms with Gasteiger partial charge in [-0.15, -0.1) is 11.3 Å². The number of hydrogen-bond acceptors (Lipinski definition) is 4. The molecule has 0 fully saturated rings. The Bertz CT molecular complexity index is 767. The van der Waals surface area contributed by atoms with Crippen molar-refractivity contribution in [1.82, 2.24) is 15.3 Å². The summed E-state index contributed by atoms with van der Waals surface area (Å²) < 4.78 is 37.8. The quantitative estimate of drug-likeness (QED) is 0.894. The van der Waals surface area contributed by atoms with Crippen LogP contribution in [-0.2, 0) is 6.18 Å². The Morgan fingerprint density at radius 2 is 2.13 bits per heavy atom. The Morgan fingerprint density at radius 3 is 2.65 bits per heavy atom. The van der Waals surface area contributed by atoms with Gasteiger partial charge in [0.05, 0.1) is 6.04 Å². The van der Waals surface area contributed by atoms with Crippen molar-refractivity contribution in [3.8, 4) is 0 Å². The van der Waals surface area contributed by atoms with Crippen LogP contribution in [0.1, 0.15) is 46.1 Å². The van der Waals surface area contributed by atoms with Crippen LogP contribution in [0.25, 0.3) is 0 Å². The lowest BCUT2D eigenvalue weighted by molar-refractivity contribution is -0.140. The Hall–Kier alpha value is -2.16. The molecule has 0 saturated carbocycles. The summed E-state index contributed by atoms with van der Waals surface area (Å²) in [7, 11) is 0. The minimum absolute atomic E-state index is 0.0957. The molecule has 5 nitrogen and oxygen atoms in total. The Kier molecular flexibility index (Phi) is 4.88. The van der Waals surface area contributed by atoms with Crippen LogP contribution in [0.2, 0.25) is 0 Å². The molecule has 0 aromatic carbocycles. The van der Waals surface area contributed by atoms with Gasteiger partial charge in [0.15, 0.2) is 5.69 Å². The second kappa shape index (κ2) is 6.53. The van der Waals surface area contributed by atoms with Crippen molar-refractivity contribution in [3.63, 3.8) is 0 Å². The highest BCUT2D eigenvalue weighted by Gasteiger charge is 2.34. The Morgan fingerprint density at radius 1 is 1.43 bits per heavy atom. The van der Waals surface area contributed by atoms with Crippen molar-refractivity contribution in [2.24, 2.45) is 0 Å². The molecule has 9 heteroatoms. The van der Waals surface area contributed by atoms with Gasteiger partial charge in [0.1, 0.15) is 10.6 Å². The molecule has 2 rings (SSSR count). The maximum Gasteiger partial charge on any atom is 0.434 e. The molecule has 0 unspecified atom stereocenters. The largest absolute Gasteiger partial charge is 0.434 e. The molecule has 1 amide bonds. The van der Waals surface area contributed by atoms with Crippen LogP contribution in [0.15, 0.2) is 22.3 Å². The molecule has 1 atom stereocenters. The molecule has 0 radical (unpaired) electrons. The number of carbonyl (C=O) groups is 1. The van der Waals surface area contributed by atoms with Crippen molar-refractivity contribution in [2.45, 2.75) is 32.5 Å². The van der Waals surface area contributed by atoms with E-state index in [0.717, 1.165) is 16.7 Å². The molecule has 2 N–H and O–H groups in total. The zero-order valence-electron chi connectivity index (χ0n) is 12.3. The number of pyridine rings is 1. The number of nitrogens with one attached hydrogen (secondary N) is 2. The molecule has 2 heterocycles. The van der Waals surface area contributed by atoms with E-state index in [9.17, 15) is 22.8 Å². The molecule has 0 aliphatic rings. The molecule has 0 aliphatic heterocycles. The molecular weight excluding hydrogens is 331 g/mol. The van der Waals surface area contributed by atoms with Gasteiger partial charge >= 0.3 is 6.18 Å². The van der Waals surface area contributed by atoms with E-state index >= 15 is 0 Å². The SMILES string of the molecule is CC[C@@H](NC(=O)c1ccc(C)[nH]c1=O)c1nc(C(F)(F)F)cs1. The number of halogens is 3. The minimum Gasteiger partial charge on any atom is -0.343 e. The summed E-state index contributed by atoms with van der Waals surface area (Å²) in [6.07, 6.45) is -4.18. The molecule has 0 saturated heterocycles. The molecule has 2 aromatic heterocycles. The lowest BCUT2D eigenvalue weighted by Crippen LogP contribution is -2.32. The van der Waals surface area contributed by atoms with Crippen molar-refractivity contribution >= 4 is 17.2 Å². The van der Waals surface area contributed by atoms with E-state index in [1.54, 1.807) is 19.9 Å². The first-order valence-electron chi connectivity index (χ1n) is 6.75. The maximum atomic E-state index is 12.6. The molecule has 124 valence electrons. The fraction of sp³-hybridized carbons (Fsp3) is 0.357. The van der Waals surface area contributed by atoms with E-state index in [1.807, 2.05) is 0 Å². The van der Waals surface area contributed by atoms with Crippen LogP contribution in [0.3, 0.4) is 0 Å². The van der Waals surface area contributed by atoms with E-state index in [4.69, 9.17) is 0 Å². The van der Waals surface area contributed by atoms with Gasteiger partial charge in [-0.05, 0) is 25.5 Å². The standard InChI is InChI=1S/C14H14F3N3O2S/c1-3-9(13-20-10(6-23-13)14(15,16)17)19-12(22)8-5-4-7(2)18-11(8)21/h4-6,9H,3H2,1-2H3,(H,18,21)(H,19,22)/t9-/m1/s1. The molecule has 2 aromatic rings. The third kappa shape index (κ3) is 3.98. The van der Waals surface area contributed by atoms with Gasteiger partial charge in [-0.2, -0.15) is 13.2 Å². The number of carbonyl (C=O) groups excluding carboxylic acids is 1. The number of rotatable bonds is 4. The van der Waals surface area contributed by atoms with E-state index < -0.39 is 29.4 Å². The highest BCUT2D eigenvalue weighted by molar-refractivity contribution is 7.09. The summed E-state index contributed by atoms with van der Waals surface area (Å²) in [5.74, 6) is -0.651. The zero-order chi connectivity index (χ0) is 17.2. The van der Waals surface area contributed by atoms with E-state index in [-0.39, 0.29) is 10.6 Å². The number of nitrogens with zero attached hydrogens (tertiary/aromatic N) is 1. The smallest absolute Gasteiger partial charge is 0.343 e. The molecule has 0 spiro atoms. The number of thiazole rings is 1. The van der Waals surface area contributed by atoms with Crippen molar-refractivity contribution in [3.05, 3.63) is 49.8 Å². The minimum atomic E-state index is -4.52. The topological polar surface area (TPSA) is 74.8 Å². The highest BCUT2D eigenvalue weighted by Crippen LogP contribution is 2.32. The summed E-state index contributed by atoms with van der Waals surface area (Å²) >= 11 is 0.821. The summed E-state index contributed by atoms with van der Waals surface area (Å²) in [5, 5.41) is 3.60. The monoisotopic (exact) mass is 345 g/mol. The fourth-order valence-corrected chi connectivity index (χ4v) is 2.86. The number of alkyl halides is 3. The van der Waals surface area contributed by atoms with Crippen LogP contribution in [-0.4, -0.2) is 15.9 Å². The Labute approximate surface area is 133 Å². The molecule has 0 bridgehead atoms. The van der Waals surface area contributed by atoms with Crippen molar-refractivity contribution in [2.75, 3.05) is 0 Å².